The number of carboxylic acids is 1. The molecule has 0 spiro atoms. The van der Waals surface area contributed by atoms with E-state index < -0.39 is 17.9 Å². The van der Waals surface area contributed by atoms with E-state index >= 15 is 0 Å². The molecule has 1 saturated heterocycles. The molecule has 16 heavy (non-hydrogen) atoms. The highest BCUT2D eigenvalue weighted by molar-refractivity contribution is 5.88. The van der Waals surface area contributed by atoms with E-state index in [0.717, 1.165) is 6.42 Å². The molecule has 1 N–H and O–H groups in total. The van der Waals surface area contributed by atoms with Crippen LogP contribution >= 0.6 is 0 Å². The molecule has 1 amide bonds. The minimum absolute atomic E-state index is 0.0491. The van der Waals surface area contributed by atoms with Gasteiger partial charge in [-0.25, -0.2) is 4.79 Å². The van der Waals surface area contributed by atoms with Gasteiger partial charge in [0, 0.05) is 18.9 Å². The van der Waals surface area contributed by atoms with Gasteiger partial charge in [-0.1, -0.05) is 6.92 Å². The van der Waals surface area contributed by atoms with E-state index in [1.54, 1.807) is 6.92 Å². The molecule has 1 rings (SSSR count). The van der Waals surface area contributed by atoms with Gasteiger partial charge in [-0.05, 0) is 19.8 Å². The summed E-state index contributed by atoms with van der Waals surface area (Å²) in [7, 11) is 0. The van der Waals surface area contributed by atoms with Crippen LogP contribution in [0.4, 0.5) is 0 Å². The van der Waals surface area contributed by atoms with E-state index in [9.17, 15) is 14.4 Å². The van der Waals surface area contributed by atoms with Crippen molar-refractivity contribution in [1.29, 1.82) is 0 Å². The highest BCUT2D eigenvalue weighted by Gasteiger charge is 2.35. The van der Waals surface area contributed by atoms with Gasteiger partial charge < -0.3 is 14.8 Å². The standard InChI is InChI=1S/C11H17NO4/c1-7(6-8(2)13)10(14)12-5-3-4-9(12)11(15)16/h7,9H,3-6H2,1-2H3,(H,15,16)/t7?,9-/m0/s1. The molecule has 1 fully saturated rings. The smallest absolute Gasteiger partial charge is 0.326 e. The summed E-state index contributed by atoms with van der Waals surface area (Å²) < 4.78 is 0. The van der Waals surface area contributed by atoms with Crippen molar-refractivity contribution in [3.8, 4) is 0 Å². The molecule has 90 valence electrons. The van der Waals surface area contributed by atoms with E-state index in [1.165, 1.54) is 11.8 Å². The number of carbonyl (C=O) groups is 3. The van der Waals surface area contributed by atoms with Crippen molar-refractivity contribution >= 4 is 17.7 Å². The number of hydrogen-bond acceptors (Lipinski definition) is 3. The fourth-order valence-corrected chi connectivity index (χ4v) is 2.09. The summed E-state index contributed by atoms with van der Waals surface area (Å²) in [5.41, 5.74) is 0. The second kappa shape index (κ2) is 5.09. The number of hydrogen-bond donors (Lipinski definition) is 1. The number of carboxylic acid groups (broad SMARTS) is 1. The lowest BCUT2D eigenvalue weighted by Crippen LogP contribution is -2.43. The van der Waals surface area contributed by atoms with Crippen molar-refractivity contribution in [3.63, 3.8) is 0 Å². The Hall–Kier alpha value is -1.39. The van der Waals surface area contributed by atoms with Crippen molar-refractivity contribution < 1.29 is 19.5 Å². The molecule has 5 nitrogen and oxygen atoms in total. The van der Waals surface area contributed by atoms with Crippen LogP contribution in [0.25, 0.3) is 0 Å². The molecule has 5 heteroatoms. The minimum Gasteiger partial charge on any atom is -0.480 e. The van der Waals surface area contributed by atoms with Crippen molar-refractivity contribution in [2.75, 3.05) is 6.54 Å². The lowest BCUT2D eigenvalue weighted by atomic mass is 10.0. The largest absolute Gasteiger partial charge is 0.480 e. The average molecular weight is 227 g/mol. The molecule has 0 radical (unpaired) electrons. The quantitative estimate of drug-likeness (QED) is 0.766. The molecule has 0 aromatic heterocycles. The predicted octanol–water partition coefficient (Wildman–Crippen LogP) is 0.677. The zero-order valence-corrected chi connectivity index (χ0v) is 9.60. The van der Waals surface area contributed by atoms with Crippen LogP contribution in [0.15, 0.2) is 0 Å². The van der Waals surface area contributed by atoms with Gasteiger partial charge >= 0.3 is 5.97 Å². The number of aliphatic carboxylic acids is 1. The first kappa shape index (κ1) is 12.7. The Balaban J connectivity index is 2.65. The lowest BCUT2D eigenvalue weighted by molar-refractivity contribution is -0.150. The molecule has 1 aliphatic rings. The molecule has 0 aromatic rings. The second-order valence-corrected chi connectivity index (χ2v) is 4.34. The first-order chi connectivity index (χ1) is 7.43. The SMILES string of the molecule is CC(=O)CC(C)C(=O)N1CCC[C@H]1C(=O)O. The molecule has 0 aliphatic carbocycles. The van der Waals surface area contributed by atoms with Crippen molar-refractivity contribution in [3.05, 3.63) is 0 Å². The Bertz CT molecular complexity index is 313. The summed E-state index contributed by atoms with van der Waals surface area (Å²) >= 11 is 0. The van der Waals surface area contributed by atoms with Crippen LogP contribution in [0.1, 0.15) is 33.1 Å². The Morgan fingerprint density at radius 1 is 1.44 bits per heavy atom. The lowest BCUT2D eigenvalue weighted by Gasteiger charge is -2.24. The third-order valence-electron chi connectivity index (χ3n) is 2.84. The van der Waals surface area contributed by atoms with Crippen LogP contribution in [0.3, 0.4) is 0 Å². The number of likely N-dealkylation sites (tertiary alicyclic amines) is 1. The highest BCUT2D eigenvalue weighted by Crippen LogP contribution is 2.21. The number of amides is 1. The summed E-state index contributed by atoms with van der Waals surface area (Å²) in [6.07, 6.45) is 1.41. The molecule has 1 aliphatic heterocycles. The van der Waals surface area contributed by atoms with Gasteiger partial charge in [-0.2, -0.15) is 0 Å². The van der Waals surface area contributed by atoms with Crippen molar-refractivity contribution in [1.82, 2.24) is 4.90 Å². The molecule has 0 bridgehead atoms. The second-order valence-electron chi connectivity index (χ2n) is 4.34. The molecular weight excluding hydrogens is 210 g/mol. The Kier molecular flexibility index (Phi) is 4.04. The summed E-state index contributed by atoms with van der Waals surface area (Å²) in [5.74, 6) is -1.65. The number of carbonyl (C=O) groups excluding carboxylic acids is 2. The predicted molar refractivity (Wildman–Crippen MR) is 56.8 cm³/mol. The van der Waals surface area contributed by atoms with E-state index in [0.29, 0.717) is 13.0 Å². The monoisotopic (exact) mass is 227 g/mol. The van der Waals surface area contributed by atoms with E-state index in [1.807, 2.05) is 0 Å². The van der Waals surface area contributed by atoms with Gasteiger partial charge in [0.05, 0.1) is 0 Å². The topological polar surface area (TPSA) is 74.7 Å². The maximum Gasteiger partial charge on any atom is 0.326 e. The first-order valence-corrected chi connectivity index (χ1v) is 5.46. The molecule has 1 heterocycles. The van der Waals surface area contributed by atoms with Crippen LogP contribution in [-0.2, 0) is 14.4 Å². The maximum atomic E-state index is 11.9. The minimum atomic E-state index is -0.958. The van der Waals surface area contributed by atoms with E-state index in [-0.39, 0.29) is 18.1 Å². The van der Waals surface area contributed by atoms with Crippen LogP contribution in [-0.4, -0.2) is 40.3 Å². The van der Waals surface area contributed by atoms with Gasteiger partial charge in [0.15, 0.2) is 0 Å². The van der Waals surface area contributed by atoms with E-state index in [4.69, 9.17) is 5.11 Å². The molecule has 2 atom stereocenters. The zero-order valence-electron chi connectivity index (χ0n) is 9.60. The molecular formula is C11H17NO4. The normalized spacial score (nSPS) is 21.9. The van der Waals surface area contributed by atoms with Crippen LogP contribution < -0.4 is 0 Å². The molecule has 1 unspecified atom stereocenters. The van der Waals surface area contributed by atoms with Gasteiger partial charge in [-0.15, -0.1) is 0 Å². The van der Waals surface area contributed by atoms with Crippen LogP contribution in [0, 0.1) is 5.92 Å². The van der Waals surface area contributed by atoms with Crippen molar-refractivity contribution in [2.45, 2.75) is 39.2 Å². The number of Topliss-reactive ketones (excluding diaryl/α,β-unsaturated/α-hetero) is 1. The Morgan fingerprint density at radius 2 is 2.06 bits per heavy atom. The van der Waals surface area contributed by atoms with Gasteiger partial charge in [0.25, 0.3) is 0 Å². The number of ketones is 1. The number of rotatable bonds is 4. The third kappa shape index (κ3) is 2.81. The molecule has 0 aromatic carbocycles. The van der Waals surface area contributed by atoms with Gasteiger partial charge in [0.2, 0.25) is 5.91 Å². The number of nitrogens with zero attached hydrogens (tertiary/aromatic N) is 1. The Morgan fingerprint density at radius 3 is 2.56 bits per heavy atom. The summed E-state index contributed by atoms with van der Waals surface area (Å²) in [6, 6.07) is -0.707. The third-order valence-corrected chi connectivity index (χ3v) is 2.84. The zero-order chi connectivity index (χ0) is 12.3. The summed E-state index contributed by atoms with van der Waals surface area (Å²) in [6.45, 7) is 3.58. The fourth-order valence-electron chi connectivity index (χ4n) is 2.09. The van der Waals surface area contributed by atoms with Gasteiger partial charge in [-0.3, -0.25) is 4.79 Å². The van der Waals surface area contributed by atoms with Crippen molar-refractivity contribution in [2.24, 2.45) is 5.92 Å². The van der Waals surface area contributed by atoms with E-state index in [2.05, 4.69) is 0 Å². The summed E-state index contributed by atoms with van der Waals surface area (Å²) in [4.78, 5) is 35.1. The van der Waals surface area contributed by atoms with Gasteiger partial charge in [0.1, 0.15) is 11.8 Å². The highest BCUT2D eigenvalue weighted by atomic mass is 16.4. The van der Waals surface area contributed by atoms with Crippen LogP contribution in [0.5, 0.6) is 0 Å². The fraction of sp³-hybridized carbons (Fsp3) is 0.727. The Labute approximate surface area is 94.4 Å². The van der Waals surface area contributed by atoms with Crippen LogP contribution in [0.2, 0.25) is 0 Å². The average Bonchev–Trinajstić information content (AvgIpc) is 2.63. The summed E-state index contributed by atoms with van der Waals surface area (Å²) in [5, 5.41) is 8.94. The first-order valence-electron chi connectivity index (χ1n) is 5.46. The maximum absolute atomic E-state index is 11.9. The molecule has 0 saturated carbocycles.